The van der Waals surface area contributed by atoms with Crippen molar-refractivity contribution in [3.8, 4) is 0 Å². The fourth-order valence-corrected chi connectivity index (χ4v) is 4.29. The Morgan fingerprint density at radius 1 is 0.606 bits per heavy atom. The molecule has 1 N–H and O–H groups in total. The van der Waals surface area contributed by atoms with E-state index in [1.165, 1.54) is 32.7 Å². The molecule has 0 aliphatic carbocycles. The third-order valence-corrected chi connectivity index (χ3v) is 5.89. The highest BCUT2D eigenvalue weighted by molar-refractivity contribution is 6.13. The first kappa shape index (κ1) is 20.9. The molecule has 0 heterocycles. The zero-order valence-corrected chi connectivity index (χ0v) is 18.6. The lowest BCUT2D eigenvalue weighted by Gasteiger charge is -2.22. The monoisotopic (exact) mass is 429 g/mol. The van der Waals surface area contributed by atoms with Crippen molar-refractivity contribution in [2.45, 2.75) is 13.1 Å². The smallest absolute Gasteiger partial charge is 0.0854 e. The van der Waals surface area contributed by atoms with Crippen LogP contribution in [0, 0.1) is 0 Å². The Bertz CT molecular complexity index is 1270. The van der Waals surface area contributed by atoms with Gasteiger partial charge in [0.2, 0.25) is 0 Å². The summed E-state index contributed by atoms with van der Waals surface area (Å²) in [5.41, 5.74) is 7.03. The first-order valence-electron chi connectivity index (χ1n) is 11.3. The van der Waals surface area contributed by atoms with Crippen LogP contribution in [0.5, 0.6) is 0 Å². The highest BCUT2D eigenvalue weighted by Gasteiger charge is 2.08. The van der Waals surface area contributed by atoms with Crippen molar-refractivity contribution in [3.63, 3.8) is 0 Å². The number of hydrogen-bond acceptors (Lipinski definition) is 3. The van der Waals surface area contributed by atoms with Crippen molar-refractivity contribution < 1.29 is 0 Å². The van der Waals surface area contributed by atoms with Crippen LogP contribution in [0.25, 0.3) is 21.5 Å². The quantitative estimate of drug-likeness (QED) is 0.131. The molecule has 0 aliphatic rings. The molecule has 0 atom stereocenters. The third-order valence-electron chi connectivity index (χ3n) is 5.89. The highest BCUT2D eigenvalue weighted by Crippen LogP contribution is 2.27. The molecule has 0 fully saturated rings. The fraction of sp³-hybridized carbons (Fsp3) is 0.100. The van der Waals surface area contributed by atoms with E-state index in [9.17, 15) is 0 Å². The summed E-state index contributed by atoms with van der Waals surface area (Å²) in [7, 11) is 0. The first-order valence-corrected chi connectivity index (χ1v) is 11.3. The van der Waals surface area contributed by atoms with Crippen molar-refractivity contribution in [3.05, 3.63) is 132 Å². The molecule has 162 valence electrons. The number of benzene rings is 5. The van der Waals surface area contributed by atoms with Crippen LogP contribution in [-0.2, 0) is 13.1 Å². The maximum absolute atomic E-state index is 4.65. The second kappa shape index (κ2) is 10.1. The molecule has 5 aromatic rings. The van der Waals surface area contributed by atoms with Gasteiger partial charge in [-0.2, -0.15) is 5.10 Å². The maximum Gasteiger partial charge on any atom is 0.0854 e. The minimum Gasteiger partial charge on any atom is -0.296 e. The second-order valence-electron chi connectivity index (χ2n) is 8.27. The summed E-state index contributed by atoms with van der Waals surface area (Å²) in [4.78, 5) is 2.36. The van der Waals surface area contributed by atoms with Gasteiger partial charge >= 0.3 is 0 Å². The molecule has 3 heteroatoms. The van der Waals surface area contributed by atoms with Gasteiger partial charge in [0, 0.05) is 18.7 Å². The predicted octanol–water partition coefficient (Wildman–Crippen LogP) is 6.58. The highest BCUT2D eigenvalue weighted by atomic mass is 15.4. The third kappa shape index (κ3) is 5.11. The van der Waals surface area contributed by atoms with Crippen LogP contribution >= 0.6 is 0 Å². The molecule has 5 aromatic carbocycles. The number of fused-ring (bicyclic) bond motifs is 2. The molecule has 0 saturated heterocycles. The van der Waals surface area contributed by atoms with Crippen LogP contribution in [0.1, 0.15) is 16.7 Å². The predicted molar refractivity (Wildman–Crippen MR) is 139 cm³/mol. The summed E-state index contributed by atoms with van der Waals surface area (Å²) >= 11 is 0. The fourth-order valence-electron chi connectivity index (χ4n) is 4.29. The van der Waals surface area contributed by atoms with Gasteiger partial charge < -0.3 is 0 Å². The summed E-state index contributed by atoms with van der Waals surface area (Å²) in [5, 5.41) is 9.54. The molecule has 0 aliphatic heterocycles. The molecular weight excluding hydrogens is 402 g/mol. The molecule has 3 nitrogen and oxygen atoms in total. The number of nitrogens with one attached hydrogen (secondary N) is 1. The number of nitrogens with zero attached hydrogens (tertiary/aromatic N) is 2. The summed E-state index contributed by atoms with van der Waals surface area (Å²) in [6.45, 7) is 2.37. The molecule has 0 spiro atoms. The summed E-state index contributed by atoms with van der Waals surface area (Å²) in [6.07, 6.45) is 1.97. The van der Waals surface area contributed by atoms with Crippen molar-refractivity contribution in [1.82, 2.24) is 10.3 Å². The zero-order valence-electron chi connectivity index (χ0n) is 18.6. The summed E-state index contributed by atoms with van der Waals surface area (Å²) in [5.74, 6) is 0. The van der Waals surface area contributed by atoms with Crippen molar-refractivity contribution in [1.29, 1.82) is 0 Å². The van der Waals surface area contributed by atoms with Crippen molar-refractivity contribution in [2.75, 3.05) is 6.67 Å². The largest absolute Gasteiger partial charge is 0.296 e. The van der Waals surface area contributed by atoms with E-state index in [1.807, 2.05) is 6.21 Å². The Kier molecular flexibility index (Phi) is 6.41. The summed E-state index contributed by atoms with van der Waals surface area (Å²) in [6, 6.07) is 40.4. The molecule has 0 bridgehead atoms. The van der Waals surface area contributed by atoms with E-state index < -0.39 is 0 Å². The topological polar surface area (TPSA) is 27.6 Å². The Morgan fingerprint density at radius 2 is 1.09 bits per heavy atom. The zero-order chi connectivity index (χ0) is 22.3. The van der Waals surface area contributed by atoms with E-state index in [-0.39, 0.29) is 0 Å². The van der Waals surface area contributed by atoms with E-state index in [1.54, 1.807) is 0 Å². The van der Waals surface area contributed by atoms with E-state index in [0.717, 1.165) is 18.7 Å². The number of rotatable bonds is 8. The Morgan fingerprint density at radius 3 is 1.64 bits per heavy atom. The van der Waals surface area contributed by atoms with Gasteiger partial charge in [-0.25, -0.2) is 0 Å². The Hall–Kier alpha value is -3.95. The molecular formula is C30H27N3. The van der Waals surface area contributed by atoms with Gasteiger partial charge in [-0.3, -0.25) is 10.3 Å². The number of hydrogen-bond donors (Lipinski definition) is 1. The molecule has 0 saturated carbocycles. The lowest BCUT2D eigenvalue weighted by molar-refractivity contribution is 0.238. The van der Waals surface area contributed by atoms with Crippen LogP contribution in [0.3, 0.4) is 0 Å². The van der Waals surface area contributed by atoms with Gasteiger partial charge in [-0.1, -0.05) is 109 Å². The Labute approximate surface area is 195 Å². The molecule has 0 amide bonds. The van der Waals surface area contributed by atoms with Crippen LogP contribution in [0.2, 0.25) is 0 Å². The van der Waals surface area contributed by atoms with E-state index in [4.69, 9.17) is 0 Å². The Balaban J connectivity index is 1.36. The van der Waals surface area contributed by atoms with Crippen LogP contribution in [0.4, 0.5) is 0 Å². The van der Waals surface area contributed by atoms with Gasteiger partial charge in [0.1, 0.15) is 0 Å². The van der Waals surface area contributed by atoms with Gasteiger partial charge in [0.25, 0.3) is 0 Å². The van der Waals surface area contributed by atoms with E-state index in [0.29, 0.717) is 6.67 Å². The van der Waals surface area contributed by atoms with Gasteiger partial charge in [-0.05, 0) is 38.7 Å². The minimum atomic E-state index is 0.656. The standard InChI is InChI=1S/C30H27N3/c1-3-11-24(12-4-1)21-33(22-25-13-5-2-6-14-25)23-32-31-20-30-28-17-9-7-15-26(28)19-27-16-8-10-18-29(27)30/h1-20,32H,21-23H2/b31-20-. The molecule has 33 heavy (non-hydrogen) atoms. The molecule has 0 unspecified atom stereocenters. The van der Waals surface area contributed by atoms with E-state index in [2.05, 4.69) is 131 Å². The minimum absolute atomic E-state index is 0.656. The van der Waals surface area contributed by atoms with Crippen molar-refractivity contribution in [2.24, 2.45) is 5.10 Å². The molecule has 0 aromatic heterocycles. The van der Waals surface area contributed by atoms with Crippen LogP contribution in [-0.4, -0.2) is 17.8 Å². The average Bonchev–Trinajstić information content (AvgIpc) is 2.87. The second-order valence-corrected chi connectivity index (χ2v) is 8.27. The average molecular weight is 430 g/mol. The first-order chi connectivity index (χ1) is 16.4. The SMILES string of the molecule is C(=N/NCN(Cc1ccccc1)Cc1ccccc1)/c1c2ccccc2cc2ccccc12. The lowest BCUT2D eigenvalue weighted by atomic mass is 9.97. The summed E-state index contributed by atoms with van der Waals surface area (Å²) < 4.78 is 0. The van der Waals surface area contributed by atoms with Crippen molar-refractivity contribution >= 4 is 27.8 Å². The van der Waals surface area contributed by atoms with Crippen LogP contribution in [0.15, 0.2) is 120 Å². The normalized spacial score (nSPS) is 11.5. The molecule has 5 rings (SSSR count). The number of hydrazone groups is 1. The van der Waals surface area contributed by atoms with Gasteiger partial charge in [-0.15, -0.1) is 0 Å². The van der Waals surface area contributed by atoms with Crippen LogP contribution < -0.4 is 5.43 Å². The maximum atomic E-state index is 4.65. The molecule has 0 radical (unpaired) electrons. The lowest BCUT2D eigenvalue weighted by Crippen LogP contribution is -2.31. The van der Waals surface area contributed by atoms with E-state index >= 15 is 0 Å². The van der Waals surface area contributed by atoms with Gasteiger partial charge in [0.05, 0.1) is 12.9 Å². The van der Waals surface area contributed by atoms with Gasteiger partial charge in [0.15, 0.2) is 0 Å².